The van der Waals surface area contributed by atoms with Gasteiger partial charge < -0.3 is 15.1 Å². The van der Waals surface area contributed by atoms with E-state index in [2.05, 4.69) is 74.2 Å². The fourth-order valence-corrected chi connectivity index (χ4v) is 3.11. The topological polar surface area (TPSA) is 18.5 Å². The largest absolute Gasteiger partial charge is 0.378 e. The van der Waals surface area contributed by atoms with Gasteiger partial charge in [-0.1, -0.05) is 27.2 Å². The zero-order chi connectivity index (χ0) is 15.4. The number of piperazine rings is 1. The van der Waals surface area contributed by atoms with Crippen molar-refractivity contribution in [3.63, 3.8) is 0 Å². The number of rotatable bonds is 5. The Morgan fingerprint density at radius 1 is 1.24 bits per heavy atom. The zero-order valence-electron chi connectivity index (χ0n) is 14.3. The molecule has 1 saturated heterocycles. The molecule has 1 aliphatic heterocycles. The molecule has 1 aromatic rings. The molecule has 0 aliphatic carbocycles. The molecule has 3 atom stereocenters. The number of nitrogens with one attached hydrogen (secondary N) is 1. The Bertz CT molecular complexity index is 427. The van der Waals surface area contributed by atoms with Crippen LogP contribution in [0.4, 0.5) is 11.4 Å². The fourth-order valence-electron chi connectivity index (χ4n) is 3.11. The summed E-state index contributed by atoms with van der Waals surface area (Å²) in [6.07, 6.45) is 2.43. The van der Waals surface area contributed by atoms with Crippen molar-refractivity contribution in [2.45, 2.75) is 45.7 Å². The highest BCUT2D eigenvalue weighted by atomic mass is 15.2. The summed E-state index contributed by atoms with van der Waals surface area (Å²) in [5.74, 6) is 0.728. The van der Waals surface area contributed by atoms with Crippen LogP contribution < -0.4 is 15.1 Å². The van der Waals surface area contributed by atoms with Gasteiger partial charge in [-0.05, 0) is 36.6 Å². The van der Waals surface area contributed by atoms with E-state index in [1.165, 1.54) is 24.2 Å². The first-order chi connectivity index (χ1) is 10.1. The van der Waals surface area contributed by atoms with Gasteiger partial charge in [0.2, 0.25) is 0 Å². The third kappa shape index (κ3) is 3.70. The Balaban J connectivity index is 2.16. The van der Waals surface area contributed by atoms with Crippen LogP contribution in [0.1, 0.15) is 33.6 Å². The van der Waals surface area contributed by atoms with Crippen LogP contribution in [0.5, 0.6) is 0 Å². The average molecular weight is 289 g/mol. The molecule has 3 heteroatoms. The van der Waals surface area contributed by atoms with Gasteiger partial charge in [-0.15, -0.1) is 0 Å². The molecule has 1 aliphatic rings. The summed E-state index contributed by atoms with van der Waals surface area (Å²) in [5, 5.41) is 3.75. The summed E-state index contributed by atoms with van der Waals surface area (Å²) in [7, 11) is 4.18. The molecule has 0 saturated carbocycles. The highest BCUT2D eigenvalue weighted by Gasteiger charge is 2.29. The summed E-state index contributed by atoms with van der Waals surface area (Å²) in [6.45, 7) is 9.15. The van der Waals surface area contributed by atoms with Crippen LogP contribution in [0, 0.1) is 5.92 Å². The predicted molar refractivity (Wildman–Crippen MR) is 93.4 cm³/mol. The second-order valence-electron chi connectivity index (χ2n) is 6.53. The van der Waals surface area contributed by atoms with Crippen LogP contribution in [0.3, 0.4) is 0 Å². The lowest BCUT2D eigenvalue weighted by molar-refractivity contribution is 0.306. The number of hydrogen-bond acceptors (Lipinski definition) is 3. The van der Waals surface area contributed by atoms with Crippen LogP contribution in [0.15, 0.2) is 24.3 Å². The van der Waals surface area contributed by atoms with Gasteiger partial charge in [-0.3, -0.25) is 0 Å². The predicted octanol–water partition coefficient (Wildman–Crippen LogP) is 3.36. The molecule has 3 nitrogen and oxygen atoms in total. The molecule has 1 heterocycles. The molecule has 1 N–H and O–H groups in total. The fraction of sp³-hybridized carbons (Fsp3) is 0.667. The normalized spacial score (nSPS) is 24.0. The van der Waals surface area contributed by atoms with Gasteiger partial charge in [0.15, 0.2) is 0 Å². The minimum absolute atomic E-state index is 0.603. The van der Waals surface area contributed by atoms with E-state index in [0.717, 1.165) is 19.0 Å². The first-order valence-electron chi connectivity index (χ1n) is 8.34. The smallest absolute Gasteiger partial charge is 0.0412 e. The van der Waals surface area contributed by atoms with E-state index in [4.69, 9.17) is 0 Å². The van der Waals surface area contributed by atoms with E-state index >= 15 is 0 Å². The van der Waals surface area contributed by atoms with Crippen molar-refractivity contribution in [1.29, 1.82) is 0 Å². The van der Waals surface area contributed by atoms with Gasteiger partial charge in [-0.25, -0.2) is 0 Å². The lowest BCUT2D eigenvalue weighted by Gasteiger charge is -2.43. The maximum absolute atomic E-state index is 3.75. The van der Waals surface area contributed by atoms with Gasteiger partial charge in [-0.2, -0.15) is 0 Å². The highest BCUT2D eigenvalue weighted by Crippen LogP contribution is 2.26. The molecule has 1 aromatic carbocycles. The Labute approximate surface area is 130 Å². The van der Waals surface area contributed by atoms with E-state index in [1.807, 2.05) is 0 Å². The SMILES string of the molecule is CCC(C)C1CN(c2ccc(N(C)C)cc2)C(CC)CN1. The lowest BCUT2D eigenvalue weighted by Crippen LogP contribution is -2.58. The van der Waals surface area contributed by atoms with Gasteiger partial charge >= 0.3 is 0 Å². The van der Waals surface area contributed by atoms with Gasteiger partial charge in [0, 0.05) is 50.6 Å². The number of anilines is 2. The van der Waals surface area contributed by atoms with Crippen molar-refractivity contribution in [3.8, 4) is 0 Å². The van der Waals surface area contributed by atoms with Crippen molar-refractivity contribution in [2.24, 2.45) is 5.92 Å². The molecule has 1 fully saturated rings. The molecule has 21 heavy (non-hydrogen) atoms. The summed E-state index contributed by atoms with van der Waals surface area (Å²) < 4.78 is 0. The number of benzene rings is 1. The molecule has 3 unspecified atom stereocenters. The maximum atomic E-state index is 3.75. The number of nitrogens with zero attached hydrogens (tertiary/aromatic N) is 2. The third-order valence-electron chi connectivity index (χ3n) is 4.95. The summed E-state index contributed by atoms with van der Waals surface area (Å²) in [4.78, 5) is 4.76. The maximum Gasteiger partial charge on any atom is 0.0412 e. The van der Waals surface area contributed by atoms with E-state index in [0.29, 0.717) is 12.1 Å². The van der Waals surface area contributed by atoms with Crippen molar-refractivity contribution in [3.05, 3.63) is 24.3 Å². The summed E-state index contributed by atoms with van der Waals surface area (Å²) >= 11 is 0. The zero-order valence-corrected chi connectivity index (χ0v) is 14.3. The molecule has 0 spiro atoms. The molecule has 118 valence electrons. The van der Waals surface area contributed by atoms with E-state index in [9.17, 15) is 0 Å². The van der Waals surface area contributed by atoms with Gasteiger partial charge in [0.25, 0.3) is 0 Å². The monoisotopic (exact) mass is 289 g/mol. The van der Waals surface area contributed by atoms with Gasteiger partial charge in [0.05, 0.1) is 0 Å². The molecular formula is C18H31N3. The first kappa shape index (κ1) is 16.2. The van der Waals surface area contributed by atoms with E-state index in [-0.39, 0.29) is 0 Å². The summed E-state index contributed by atoms with van der Waals surface area (Å²) in [6, 6.07) is 10.2. The van der Waals surface area contributed by atoms with E-state index in [1.54, 1.807) is 0 Å². The van der Waals surface area contributed by atoms with Crippen LogP contribution in [-0.4, -0.2) is 39.3 Å². The second kappa shape index (κ2) is 7.17. The van der Waals surface area contributed by atoms with Crippen molar-refractivity contribution in [2.75, 3.05) is 37.0 Å². The third-order valence-corrected chi connectivity index (χ3v) is 4.95. The second-order valence-corrected chi connectivity index (χ2v) is 6.53. The molecular weight excluding hydrogens is 258 g/mol. The average Bonchev–Trinajstić information content (AvgIpc) is 2.53. The van der Waals surface area contributed by atoms with Crippen LogP contribution in [0.2, 0.25) is 0 Å². The summed E-state index contributed by atoms with van der Waals surface area (Å²) in [5.41, 5.74) is 2.63. The molecule has 2 rings (SSSR count). The minimum Gasteiger partial charge on any atom is -0.378 e. The molecule has 0 aromatic heterocycles. The van der Waals surface area contributed by atoms with Crippen molar-refractivity contribution < 1.29 is 0 Å². The number of hydrogen-bond donors (Lipinski definition) is 1. The molecule has 0 amide bonds. The quantitative estimate of drug-likeness (QED) is 0.897. The lowest BCUT2D eigenvalue weighted by atomic mass is 9.94. The van der Waals surface area contributed by atoms with Crippen molar-refractivity contribution in [1.82, 2.24) is 5.32 Å². The van der Waals surface area contributed by atoms with E-state index < -0.39 is 0 Å². The minimum atomic E-state index is 0.603. The van der Waals surface area contributed by atoms with Crippen LogP contribution >= 0.6 is 0 Å². The Morgan fingerprint density at radius 2 is 1.90 bits per heavy atom. The van der Waals surface area contributed by atoms with Gasteiger partial charge in [0.1, 0.15) is 0 Å². The van der Waals surface area contributed by atoms with Crippen molar-refractivity contribution >= 4 is 11.4 Å². The Morgan fingerprint density at radius 3 is 2.43 bits per heavy atom. The Kier molecular flexibility index (Phi) is 5.51. The van der Waals surface area contributed by atoms with Crippen LogP contribution in [0.25, 0.3) is 0 Å². The molecule has 0 bridgehead atoms. The first-order valence-corrected chi connectivity index (χ1v) is 8.34. The highest BCUT2D eigenvalue weighted by molar-refractivity contribution is 5.56. The standard InChI is InChI=1S/C18H31N3/c1-6-14(3)18-13-21(15(7-2)12-19-18)17-10-8-16(9-11-17)20(4)5/h8-11,14-15,18-19H,6-7,12-13H2,1-5H3. The molecule has 0 radical (unpaired) electrons. The Hall–Kier alpha value is -1.22. The van der Waals surface area contributed by atoms with Crippen LogP contribution in [-0.2, 0) is 0 Å².